The molecule has 0 spiro atoms. The highest BCUT2D eigenvalue weighted by molar-refractivity contribution is 5.73. The van der Waals surface area contributed by atoms with Gasteiger partial charge in [-0.15, -0.1) is 0 Å². The van der Waals surface area contributed by atoms with Gasteiger partial charge in [-0.25, -0.2) is 0 Å². The molecule has 1 N–H and O–H groups in total. The molecular weight excluding hydrogens is 260 g/mol. The van der Waals surface area contributed by atoms with Gasteiger partial charge in [-0.3, -0.25) is 4.79 Å². The molecule has 0 radical (unpaired) electrons. The minimum Gasteiger partial charge on any atom is -0.490 e. The number of benzene rings is 1. The average Bonchev–Trinajstić information content (AvgIpc) is 2.71. The first-order chi connectivity index (χ1) is 9.67. The summed E-state index contributed by atoms with van der Waals surface area (Å²) in [6.45, 7) is 3.04. The van der Waals surface area contributed by atoms with E-state index in [1.807, 2.05) is 6.92 Å². The summed E-state index contributed by atoms with van der Waals surface area (Å²) in [5.74, 6) is 0.292. The third-order valence-corrected chi connectivity index (χ3v) is 3.44. The Morgan fingerprint density at radius 2 is 2.05 bits per heavy atom. The highest BCUT2D eigenvalue weighted by Crippen LogP contribution is 2.35. The maximum absolute atomic E-state index is 11.7. The number of aliphatic hydroxyl groups excluding tert-OH is 1. The Bertz CT molecular complexity index is 471. The first-order valence-electron chi connectivity index (χ1n) is 6.82. The Hall–Kier alpha value is -1.75. The first kappa shape index (κ1) is 14.7. The molecule has 0 amide bonds. The largest absolute Gasteiger partial charge is 0.490 e. The first-order valence-corrected chi connectivity index (χ1v) is 6.82. The minimum absolute atomic E-state index is 0.410. The summed E-state index contributed by atoms with van der Waals surface area (Å²) in [7, 11) is 1.33. The summed E-state index contributed by atoms with van der Waals surface area (Å²) in [6.07, 6.45) is 0.416. The second-order valence-electron chi connectivity index (χ2n) is 4.74. The molecule has 2 rings (SSSR count). The zero-order valence-electron chi connectivity index (χ0n) is 11.8. The van der Waals surface area contributed by atoms with E-state index in [1.165, 1.54) is 7.11 Å². The van der Waals surface area contributed by atoms with Gasteiger partial charge in [0, 0.05) is 6.42 Å². The minimum atomic E-state index is -0.912. The van der Waals surface area contributed by atoms with Crippen LogP contribution < -0.4 is 9.47 Å². The summed E-state index contributed by atoms with van der Waals surface area (Å²) in [5.41, 5.74) is 0.631. The van der Waals surface area contributed by atoms with Gasteiger partial charge < -0.3 is 19.3 Å². The molecule has 1 aromatic rings. The lowest BCUT2D eigenvalue weighted by Crippen LogP contribution is -2.23. The van der Waals surface area contributed by atoms with E-state index in [4.69, 9.17) is 14.2 Å². The van der Waals surface area contributed by atoms with Crippen molar-refractivity contribution in [3.8, 4) is 11.5 Å². The molecule has 5 nitrogen and oxygen atoms in total. The highest BCUT2D eigenvalue weighted by Gasteiger charge is 2.28. The lowest BCUT2D eigenvalue weighted by Gasteiger charge is -2.20. The Balaban J connectivity index is 2.23. The van der Waals surface area contributed by atoms with Crippen LogP contribution in [0.3, 0.4) is 0 Å². The van der Waals surface area contributed by atoms with Crippen LogP contribution in [-0.4, -0.2) is 31.4 Å². The number of ether oxygens (including phenoxy) is 3. The summed E-state index contributed by atoms with van der Waals surface area (Å²) in [5, 5.41) is 10.4. The van der Waals surface area contributed by atoms with E-state index >= 15 is 0 Å². The number of rotatable bonds is 4. The smallest absolute Gasteiger partial charge is 0.311 e. The van der Waals surface area contributed by atoms with Crippen LogP contribution in [-0.2, 0) is 9.53 Å². The molecule has 2 atom stereocenters. The standard InChI is InChI=1S/C15H20O5/c1-3-11(15(17)18-2)14(16)10-5-6-12-13(9-10)20-8-4-7-19-12/h5-6,9,11,14,16H,3-4,7-8H2,1-2H3. The van der Waals surface area contributed by atoms with Crippen LogP contribution in [0, 0.1) is 5.92 Å². The lowest BCUT2D eigenvalue weighted by molar-refractivity contribution is -0.149. The Morgan fingerprint density at radius 3 is 2.70 bits per heavy atom. The molecular formula is C15H20O5. The number of hydrogen-bond donors (Lipinski definition) is 1. The van der Waals surface area contributed by atoms with Crippen molar-refractivity contribution in [1.29, 1.82) is 0 Å². The topological polar surface area (TPSA) is 65.0 Å². The third kappa shape index (κ3) is 3.04. The monoisotopic (exact) mass is 280 g/mol. The molecule has 0 bridgehead atoms. The molecule has 1 heterocycles. The van der Waals surface area contributed by atoms with Gasteiger partial charge in [0.2, 0.25) is 0 Å². The van der Waals surface area contributed by atoms with Crippen LogP contribution in [0.1, 0.15) is 31.4 Å². The molecule has 5 heteroatoms. The molecule has 0 fully saturated rings. The van der Waals surface area contributed by atoms with Crippen LogP contribution in [0.4, 0.5) is 0 Å². The molecule has 0 saturated heterocycles. The van der Waals surface area contributed by atoms with Gasteiger partial charge in [-0.05, 0) is 24.1 Å². The molecule has 20 heavy (non-hydrogen) atoms. The van der Waals surface area contributed by atoms with E-state index in [1.54, 1.807) is 18.2 Å². The predicted molar refractivity (Wildman–Crippen MR) is 72.8 cm³/mol. The molecule has 0 saturated carbocycles. The lowest BCUT2D eigenvalue weighted by atomic mass is 9.93. The van der Waals surface area contributed by atoms with Crippen molar-refractivity contribution < 1.29 is 24.1 Å². The Labute approximate surface area is 118 Å². The SMILES string of the molecule is CCC(C(=O)OC)C(O)c1ccc2c(c1)OCCCO2. The van der Waals surface area contributed by atoms with E-state index in [2.05, 4.69) is 0 Å². The predicted octanol–water partition coefficient (Wildman–Crippen LogP) is 2.08. The molecule has 2 unspecified atom stereocenters. The Kier molecular flexibility index (Phi) is 4.84. The zero-order valence-corrected chi connectivity index (χ0v) is 11.8. The number of aliphatic hydroxyl groups is 1. The normalized spacial score (nSPS) is 16.9. The van der Waals surface area contributed by atoms with Crippen molar-refractivity contribution in [2.75, 3.05) is 20.3 Å². The second kappa shape index (κ2) is 6.61. The summed E-state index contributed by atoms with van der Waals surface area (Å²) < 4.78 is 15.9. The Morgan fingerprint density at radius 1 is 1.35 bits per heavy atom. The van der Waals surface area contributed by atoms with Gasteiger partial charge in [0.25, 0.3) is 0 Å². The van der Waals surface area contributed by atoms with Gasteiger partial charge in [0.15, 0.2) is 11.5 Å². The van der Waals surface area contributed by atoms with Gasteiger partial charge >= 0.3 is 5.97 Å². The van der Waals surface area contributed by atoms with E-state index in [0.717, 1.165) is 6.42 Å². The van der Waals surface area contributed by atoms with E-state index < -0.39 is 18.0 Å². The van der Waals surface area contributed by atoms with Gasteiger partial charge in [0.05, 0.1) is 32.3 Å². The average molecular weight is 280 g/mol. The second-order valence-corrected chi connectivity index (χ2v) is 4.74. The number of fused-ring (bicyclic) bond motifs is 1. The van der Waals surface area contributed by atoms with Crippen molar-refractivity contribution in [2.45, 2.75) is 25.9 Å². The van der Waals surface area contributed by atoms with Crippen molar-refractivity contribution in [2.24, 2.45) is 5.92 Å². The number of methoxy groups -OCH3 is 1. The van der Waals surface area contributed by atoms with Crippen LogP contribution in [0.5, 0.6) is 11.5 Å². The maximum Gasteiger partial charge on any atom is 0.311 e. The zero-order chi connectivity index (χ0) is 14.5. The number of carbonyl (C=O) groups is 1. The number of esters is 1. The van der Waals surface area contributed by atoms with Crippen LogP contribution in [0.2, 0.25) is 0 Å². The quantitative estimate of drug-likeness (QED) is 0.855. The molecule has 0 aromatic heterocycles. The van der Waals surface area contributed by atoms with Gasteiger partial charge in [-0.2, -0.15) is 0 Å². The van der Waals surface area contributed by atoms with Crippen molar-refractivity contribution in [3.63, 3.8) is 0 Å². The van der Waals surface area contributed by atoms with Crippen LogP contribution >= 0.6 is 0 Å². The van der Waals surface area contributed by atoms with E-state index in [9.17, 15) is 9.90 Å². The van der Waals surface area contributed by atoms with E-state index in [-0.39, 0.29) is 0 Å². The molecule has 1 aliphatic rings. The summed E-state index contributed by atoms with van der Waals surface area (Å²) in [4.78, 5) is 11.7. The van der Waals surface area contributed by atoms with Crippen LogP contribution in [0.15, 0.2) is 18.2 Å². The highest BCUT2D eigenvalue weighted by atomic mass is 16.5. The third-order valence-electron chi connectivity index (χ3n) is 3.44. The van der Waals surface area contributed by atoms with Gasteiger partial charge in [0.1, 0.15) is 0 Å². The fourth-order valence-electron chi connectivity index (χ4n) is 2.27. The fraction of sp³-hybridized carbons (Fsp3) is 0.533. The number of hydrogen-bond acceptors (Lipinski definition) is 5. The van der Waals surface area contributed by atoms with Crippen molar-refractivity contribution in [3.05, 3.63) is 23.8 Å². The molecule has 1 aliphatic heterocycles. The fourth-order valence-corrected chi connectivity index (χ4v) is 2.27. The van der Waals surface area contributed by atoms with Crippen LogP contribution in [0.25, 0.3) is 0 Å². The summed E-state index contributed by atoms with van der Waals surface area (Å²) >= 11 is 0. The summed E-state index contributed by atoms with van der Waals surface area (Å²) in [6, 6.07) is 5.25. The molecule has 110 valence electrons. The molecule has 0 aliphatic carbocycles. The van der Waals surface area contributed by atoms with Crippen molar-refractivity contribution in [1.82, 2.24) is 0 Å². The maximum atomic E-state index is 11.7. The number of carbonyl (C=O) groups excluding carboxylic acids is 1. The molecule has 1 aromatic carbocycles. The van der Waals surface area contributed by atoms with E-state index in [0.29, 0.717) is 36.7 Å². The van der Waals surface area contributed by atoms with Gasteiger partial charge in [-0.1, -0.05) is 13.0 Å². The van der Waals surface area contributed by atoms with Crippen molar-refractivity contribution >= 4 is 5.97 Å².